The van der Waals surface area contributed by atoms with E-state index in [1.165, 1.54) is 32.1 Å². The van der Waals surface area contributed by atoms with Gasteiger partial charge in [-0.1, -0.05) is 33.1 Å². The molecule has 0 aromatic carbocycles. The summed E-state index contributed by atoms with van der Waals surface area (Å²) in [6.07, 6.45) is 6.95. The van der Waals surface area contributed by atoms with E-state index >= 15 is 0 Å². The summed E-state index contributed by atoms with van der Waals surface area (Å²) in [5.41, 5.74) is 2.52. The van der Waals surface area contributed by atoms with Crippen LogP contribution in [0.3, 0.4) is 0 Å². The number of carbonyl (C=O) groups excluding carboxylic acids is 1. The number of hydroxylamine groups is 1. The molecule has 0 spiro atoms. The number of hydrogen-bond donors (Lipinski definition) is 1. The third kappa shape index (κ3) is 5.78. The molecule has 0 atom stereocenters. The topological polar surface area (TPSA) is 38.3 Å². The summed E-state index contributed by atoms with van der Waals surface area (Å²) in [5.74, 6) is 1.09. The van der Waals surface area contributed by atoms with Gasteiger partial charge in [0.2, 0.25) is 5.91 Å². The van der Waals surface area contributed by atoms with Gasteiger partial charge < -0.3 is 0 Å². The predicted molar refractivity (Wildman–Crippen MR) is 60.1 cm³/mol. The molecule has 88 valence electrons. The summed E-state index contributed by atoms with van der Waals surface area (Å²) >= 11 is 0. The highest BCUT2D eigenvalue weighted by atomic mass is 16.6. The van der Waals surface area contributed by atoms with Gasteiger partial charge in [-0.05, 0) is 24.7 Å². The van der Waals surface area contributed by atoms with Crippen LogP contribution in [0.15, 0.2) is 0 Å². The van der Waals surface area contributed by atoms with E-state index in [0.717, 1.165) is 0 Å². The van der Waals surface area contributed by atoms with Crippen molar-refractivity contribution >= 4 is 5.91 Å². The Kier molecular flexibility index (Phi) is 5.69. The van der Waals surface area contributed by atoms with E-state index in [9.17, 15) is 4.79 Å². The summed E-state index contributed by atoms with van der Waals surface area (Å²) in [7, 11) is 0. The second-order valence-electron chi connectivity index (χ2n) is 4.94. The largest absolute Gasteiger partial charge is 0.273 e. The molecule has 0 unspecified atom stereocenters. The molecule has 15 heavy (non-hydrogen) atoms. The zero-order valence-corrected chi connectivity index (χ0v) is 9.92. The maximum atomic E-state index is 11.5. The minimum Gasteiger partial charge on any atom is -0.273 e. The summed E-state index contributed by atoms with van der Waals surface area (Å²) in [4.78, 5) is 16.6. The number of nitrogens with one attached hydrogen (secondary N) is 1. The quantitative estimate of drug-likeness (QED) is 0.713. The second-order valence-corrected chi connectivity index (χ2v) is 4.94. The van der Waals surface area contributed by atoms with Gasteiger partial charge in [-0.15, -0.1) is 0 Å². The first-order valence-corrected chi connectivity index (χ1v) is 6.09. The van der Waals surface area contributed by atoms with Crippen molar-refractivity contribution in [3.63, 3.8) is 0 Å². The Hall–Kier alpha value is -0.570. The van der Waals surface area contributed by atoms with Crippen molar-refractivity contribution in [2.24, 2.45) is 11.8 Å². The van der Waals surface area contributed by atoms with Crippen LogP contribution in [0.1, 0.15) is 52.4 Å². The summed E-state index contributed by atoms with van der Waals surface area (Å²) in [5, 5.41) is 0. The molecule has 3 heteroatoms. The van der Waals surface area contributed by atoms with Crippen LogP contribution in [0.2, 0.25) is 0 Å². The third-order valence-electron chi connectivity index (χ3n) is 2.80. The van der Waals surface area contributed by atoms with Crippen LogP contribution < -0.4 is 5.48 Å². The van der Waals surface area contributed by atoms with Crippen molar-refractivity contribution < 1.29 is 9.63 Å². The molecule has 0 saturated heterocycles. The molecule has 0 bridgehead atoms. The molecular formula is C12H23NO2. The Bertz CT molecular complexity index is 186. The molecule has 1 N–H and O–H groups in total. The van der Waals surface area contributed by atoms with E-state index < -0.39 is 0 Å². The first kappa shape index (κ1) is 12.5. The summed E-state index contributed by atoms with van der Waals surface area (Å²) in [6.45, 7) is 4.72. The van der Waals surface area contributed by atoms with E-state index in [2.05, 4.69) is 19.3 Å². The molecule has 1 rings (SSSR count). The lowest BCUT2D eigenvalue weighted by atomic mass is 9.87. The van der Waals surface area contributed by atoms with Crippen molar-refractivity contribution in [3.8, 4) is 0 Å². The Morgan fingerprint density at radius 2 is 2.00 bits per heavy atom. The Morgan fingerprint density at radius 1 is 1.33 bits per heavy atom. The predicted octanol–water partition coefficient (Wildman–Crippen LogP) is 2.66. The molecule has 3 nitrogen and oxygen atoms in total. The lowest BCUT2D eigenvalue weighted by Crippen LogP contribution is -2.27. The summed E-state index contributed by atoms with van der Waals surface area (Å²) < 4.78 is 0. The van der Waals surface area contributed by atoms with Crippen molar-refractivity contribution in [3.05, 3.63) is 0 Å². The first-order chi connectivity index (χ1) is 7.18. The monoisotopic (exact) mass is 213 g/mol. The molecule has 0 aromatic heterocycles. The number of hydrogen-bond acceptors (Lipinski definition) is 2. The average molecular weight is 213 g/mol. The van der Waals surface area contributed by atoms with Gasteiger partial charge in [-0.3, -0.25) is 9.63 Å². The van der Waals surface area contributed by atoms with Gasteiger partial charge in [0, 0.05) is 6.42 Å². The van der Waals surface area contributed by atoms with E-state index in [-0.39, 0.29) is 5.91 Å². The van der Waals surface area contributed by atoms with Gasteiger partial charge in [-0.25, -0.2) is 5.48 Å². The average Bonchev–Trinajstić information content (AvgIpc) is 2.18. The normalized spacial score (nSPS) is 18.1. The number of carbonyl (C=O) groups is 1. The molecule has 0 aliphatic heterocycles. The van der Waals surface area contributed by atoms with Gasteiger partial charge in [0.15, 0.2) is 0 Å². The molecule has 1 fully saturated rings. The Labute approximate surface area is 92.5 Å². The fourth-order valence-electron chi connectivity index (χ4n) is 1.98. The number of amides is 1. The van der Waals surface area contributed by atoms with Crippen molar-refractivity contribution in [1.82, 2.24) is 5.48 Å². The van der Waals surface area contributed by atoms with Crippen molar-refractivity contribution in [1.29, 1.82) is 0 Å². The highest BCUT2D eigenvalue weighted by Gasteiger charge is 2.16. The fourth-order valence-corrected chi connectivity index (χ4v) is 1.98. The lowest BCUT2D eigenvalue weighted by Gasteiger charge is -2.20. The van der Waals surface area contributed by atoms with Crippen LogP contribution in [0.4, 0.5) is 0 Å². The van der Waals surface area contributed by atoms with Gasteiger partial charge in [0.25, 0.3) is 0 Å². The molecular weight excluding hydrogens is 190 g/mol. The lowest BCUT2D eigenvalue weighted by molar-refractivity contribution is -0.135. The Morgan fingerprint density at radius 3 is 2.60 bits per heavy atom. The molecule has 1 saturated carbocycles. The van der Waals surface area contributed by atoms with Crippen LogP contribution in [0.25, 0.3) is 0 Å². The van der Waals surface area contributed by atoms with Crippen LogP contribution in [-0.4, -0.2) is 12.5 Å². The fraction of sp³-hybridized carbons (Fsp3) is 0.917. The van der Waals surface area contributed by atoms with Crippen molar-refractivity contribution in [2.75, 3.05) is 6.61 Å². The van der Waals surface area contributed by atoms with Crippen LogP contribution in [0, 0.1) is 11.8 Å². The highest BCUT2D eigenvalue weighted by molar-refractivity contribution is 5.75. The summed E-state index contributed by atoms with van der Waals surface area (Å²) in [6, 6.07) is 0. The minimum atomic E-state index is 0.0440. The standard InChI is InChI=1S/C12H23NO2/c1-10(2)9-15-13-12(14)8-11-6-4-3-5-7-11/h10-11H,3-9H2,1-2H3,(H,13,14). The maximum absolute atomic E-state index is 11.5. The molecule has 1 amide bonds. The van der Waals surface area contributed by atoms with Gasteiger partial charge >= 0.3 is 0 Å². The second kappa shape index (κ2) is 6.83. The van der Waals surface area contributed by atoms with Crippen LogP contribution >= 0.6 is 0 Å². The minimum absolute atomic E-state index is 0.0440. The third-order valence-corrected chi connectivity index (χ3v) is 2.80. The highest BCUT2D eigenvalue weighted by Crippen LogP contribution is 2.25. The smallest absolute Gasteiger partial charge is 0.243 e. The maximum Gasteiger partial charge on any atom is 0.243 e. The molecule has 0 heterocycles. The zero-order valence-electron chi connectivity index (χ0n) is 9.92. The SMILES string of the molecule is CC(C)CONC(=O)CC1CCCCC1. The van der Waals surface area contributed by atoms with E-state index in [1.807, 2.05) is 0 Å². The number of rotatable bonds is 5. The van der Waals surface area contributed by atoms with Crippen LogP contribution in [-0.2, 0) is 9.63 Å². The zero-order chi connectivity index (χ0) is 11.1. The van der Waals surface area contributed by atoms with E-state index in [0.29, 0.717) is 24.9 Å². The first-order valence-electron chi connectivity index (χ1n) is 6.09. The van der Waals surface area contributed by atoms with E-state index in [1.54, 1.807) is 0 Å². The molecule has 0 radical (unpaired) electrons. The van der Waals surface area contributed by atoms with Crippen molar-refractivity contribution in [2.45, 2.75) is 52.4 Å². The molecule has 0 aromatic rings. The molecule has 1 aliphatic rings. The Balaban J connectivity index is 2.06. The van der Waals surface area contributed by atoms with Gasteiger partial charge in [-0.2, -0.15) is 0 Å². The molecule has 1 aliphatic carbocycles. The van der Waals surface area contributed by atoms with Gasteiger partial charge in [0.05, 0.1) is 6.61 Å². The van der Waals surface area contributed by atoms with E-state index in [4.69, 9.17) is 4.84 Å². The van der Waals surface area contributed by atoms with Crippen LogP contribution in [0.5, 0.6) is 0 Å². The van der Waals surface area contributed by atoms with Gasteiger partial charge in [0.1, 0.15) is 0 Å².